The van der Waals surface area contributed by atoms with Crippen LogP contribution in [0.15, 0.2) is 4.52 Å². The molecule has 1 aromatic rings. The van der Waals surface area contributed by atoms with E-state index in [9.17, 15) is 4.79 Å². The fraction of sp³-hybridized carbons (Fsp3) is 0.636. The molecule has 0 fully saturated rings. The third kappa shape index (κ3) is 2.41. The molecule has 1 atom stereocenters. The lowest BCUT2D eigenvalue weighted by atomic mass is 10.0. The van der Waals surface area contributed by atoms with Gasteiger partial charge in [-0.1, -0.05) is 6.92 Å². The van der Waals surface area contributed by atoms with Gasteiger partial charge < -0.3 is 14.0 Å². The lowest BCUT2D eigenvalue weighted by Crippen LogP contribution is -2.42. The third-order valence-electron chi connectivity index (χ3n) is 2.68. The van der Waals surface area contributed by atoms with Crippen molar-refractivity contribution in [1.82, 2.24) is 10.5 Å². The quantitative estimate of drug-likeness (QED) is 0.779. The predicted octanol–water partition coefficient (Wildman–Crippen LogP) is 0.651. The number of hydrogen-bond donors (Lipinski definition) is 1. The molecule has 2 heterocycles. The summed E-state index contributed by atoms with van der Waals surface area (Å²) in [6.07, 6.45) is 1.39. The third-order valence-corrected chi connectivity index (χ3v) is 2.68. The van der Waals surface area contributed by atoms with Gasteiger partial charge in [0.2, 0.25) is 0 Å². The van der Waals surface area contributed by atoms with E-state index >= 15 is 0 Å². The van der Waals surface area contributed by atoms with Crippen molar-refractivity contribution in [3.8, 4) is 5.88 Å². The van der Waals surface area contributed by atoms with Crippen molar-refractivity contribution in [3.05, 3.63) is 11.3 Å². The van der Waals surface area contributed by atoms with Crippen molar-refractivity contribution < 1.29 is 18.8 Å². The van der Waals surface area contributed by atoms with Crippen molar-refractivity contribution >= 4 is 5.97 Å². The van der Waals surface area contributed by atoms with Gasteiger partial charge in [-0.05, 0) is 11.6 Å². The summed E-state index contributed by atoms with van der Waals surface area (Å²) in [6, 6.07) is -0.351. The Morgan fingerprint density at radius 1 is 1.65 bits per heavy atom. The monoisotopic (exact) mass is 240 g/mol. The topological polar surface area (TPSA) is 73.6 Å². The van der Waals surface area contributed by atoms with Crippen LogP contribution in [0.5, 0.6) is 5.88 Å². The number of carbonyl (C=O) groups excluding carboxylic acids is 1. The summed E-state index contributed by atoms with van der Waals surface area (Å²) < 4.78 is 15.3. The van der Waals surface area contributed by atoms with Gasteiger partial charge in [0.1, 0.15) is 6.04 Å². The fourth-order valence-electron chi connectivity index (χ4n) is 1.78. The van der Waals surface area contributed by atoms with Gasteiger partial charge in [0.15, 0.2) is 5.76 Å². The summed E-state index contributed by atoms with van der Waals surface area (Å²) in [5, 5.41) is 6.90. The highest BCUT2D eigenvalue weighted by Gasteiger charge is 2.30. The molecule has 0 bridgehead atoms. The van der Waals surface area contributed by atoms with Gasteiger partial charge in [0.25, 0.3) is 5.88 Å². The van der Waals surface area contributed by atoms with Gasteiger partial charge in [-0.2, -0.15) is 0 Å². The molecular weight excluding hydrogens is 224 g/mol. The van der Waals surface area contributed by atoms with Crippen LogP contribution in [-0.4, -0.2) is 30.9 Å². The van der Waals surface area contributed by atoms with Crippen LogP contribution < -0.4 is 10.1 Å². The molecule has 0 saturated heterocycles. The summed E-state index contributed by atoms with van der Waals surface area (Å²) in [7, 11) is 1.38. The van der Waals surface area contributed by atoms with Crippen LogP contribution in [0.25, 0.3) is 0 Å². The number of methoxy groups -OCH3 is 1. The first-order chi connectivity index (χ1) is 8.26. The largest absolute Gasteiger partial charge is 0.475 e. The van der Waals surface area contributed by atoms with Gasteiger partial charge in [-0.15, -0.1) is 0 Å². The number of aromatic nitrogens is 1. The molecule has 0 saturated carbocycles. The van der Waals surface area contributed by atoms with Crippen LogP contribution in [0.3, 0.4) is 0 Å². The maximum Gasteiger partial charge on any atom is 0.323 e. The van der Waals surface area contributed by atoms with Crippen molar-refractivity contribution in [2.45, 2.75) is 32.4 Å². The first kappa shape index (κ1) is 11.9. The van der Waals surface area contributed by atoms with E-state index in [1.54, 1.807) is 0 Å². The number of nitrogens with zero attached hydrogens (tertiary/aromatic N) is 1. The zero-order chi connectivity index (χ0) is 12.3. The van der Waals surface area contributed by atoms with Crippen molar-refractivity contribution in [2.75, 3.05) is 13.7 Å². The Bertz CT molecular complexity index is 402. The number of hydrogen-bond acceptors (Lipinski definition) is 6. The molecule has 6 nitrogen and oxygen atoms in total. The van der Waals surface area contributed by atoms with Gasteiger partial charge >= 0.3 is 5.97 Å². The molecule has 0 aromatic carbocycles. The Balaban J connectivity index is 2.11. The zero-order valence-electron chi connectivity index (χ0n) is 9.99. The summed E-state index contributed by atoms with van der Waals surface area (Å²) >= 11 is 0. The second kappa shape index (κ2) is 5.18. The zero-order valence-corrected chi connectivity index (χ0v) is 9.99. The summed E-state index contributed by atoms with van der Waals surface area (Å²) in [4.78, 5) is 11.4. The van der Waals surface area contributed by atoms with Crippen LogP contribution in [-0.2, 0) is 22.5 Å². The number of rotatable bonds is 4. The SMILES string of the molecule is CCCOc1noc2c1CC(C(=O)OC)NC2. The number of carbonyl (C=O) groups is 1. The van der Waals surface area contributed by atoms with E-state index < -0.39 is 0 Å². The van der Waals surface area contributed by atoms with Crippen LogP contribution in [0.2, 0.25) is 0 Å². The minimum atomic E-state index is -0.351. The highest BCUT2D eigenvalue weighted by molar-refractivity contribution is 5.76. The minimum absolute atomic E-state index is 0.279. The second-order valence-electron chi connectivity index (χ2n) is 3.90. The maximum atomic E-state index is 11.4. The Kier molecular flexibility index (Phi) is 3.63. The summed E-state index contributed by atoms with van der Waals surface area (Å²) in [5.74, 6) is 0.951. The van der Waals surface area contributed by atoms with Crippen LogP contribution in [0, 0.1) is 0 Å². The van der Waals surface area contributed by atoms with E-state index in [1.165, 1.54) is 7.11 Å². The standard InChI is InChI=1S/C11H16N2O4/c1-3-4-16-10-7-5-8(11(14)15-2)12-6-9(7)17-13-10/h8,12H,3-6H2,1-2H3. The predicted molar refractivity (Wildman–Crippen MR) is 58.6 cm³/mol. The van der Waals surface area contributed by atoms with Crippen LogP contribution in [0.4, 0.5) is 0 Å². The molecule has 0 amide bonds. The summed E-state index contributed by atoms with van der Waals surface area (Å²) in [5.41, 5.74) is 0.868. The second-order valence-corrected chi connectivity index (χ2v) is 3.90. The Morgan fingerprint density at radius 2 is 2.47 bits per heavy atom. The van der Waals surface area contributed by atoms with Gasteiger partial charge in [0, 0.05) is 6.42 Å². The lowest BCUT2D eigenvalue weighted by molar-refractivity contribution is -0.143. The van der Waals surface area contributed by atoms with Crippen LogP contribution >= 0.6 is 0 Å². The lowest BCUT2D eigenvalue weighted by Gasteiger charge is -2.20. The fourth-order valence-corrected chi connectivity index (χ4v) is 1.78. The molecule has 0 spiro atoms. The first-order valence-corrected chi connectivity index (χ1v) is 5.67. The van der Waals surface area contributed by atoms with Crippen molar-refractivity contribution in [1.29, 1.82) is 0 Å². The van der Waals surface area contributed by atoms with Crippen LogP contribution in [0.1, 0.15) is 24.7 Å². The van der Waals surface area contributed by atoms with E-state index in [0.29, 0.717) is 25.5 Å². The normalized spacial score (nSPS) is 18.6. The summed E-state index contributed by atoms with van der Waals surface area (Å²) in [6.45, 7) is 3.08. The molecular formula is C11H16N2O4. The minimum Gasteiger partial charge on any atom is -0.475 e. The molecule has 0 radical (unpaired) electrons. The Morgan fingerprint density at radius 3 is 3.18 bits per heavy atom. The molecule has 94 valence electrons. The molecule has 2 rings (SSSR count). The van der Waals surface area contributed by atoms with E-state index in [-0.39, 0.29) is 12.0 Å². The number of nitrogens with one attached hydrogen (secondary N) is 1. The van der Waals surface area contributed by atoms with E-state index in [4.69, 9.17) is 14.0 Å². The highest BCUT2D eigenvalue weighted by atomic mass is 16.5. The Hall–Kier alpha value is -1.56. The van der Waals surface area contributed by atoms with E-state index in [2.05, 4.69) is 10.5 Å². The van der Waals surface area contributed by atoms with Crippen molar-refractivity contribution in [3.63, 3.8) is 0 Å². The molecule has 17 heavy (non-hydrogen) atoms. The van der Waals surface area contributed by atoms with Crippen molar-refractivity contribution in [2.24, 2.45) is 0 Å². The average molecular weight is 240 g/mol. The molecule has 1 N–H and O–H groups in total. The van der Waals surface area contributed by atoms with Gasteiger partial charge in [0.05, 0.1) is 25.8 Å². The number of esters is 1. The first-order valence-electron chi connectivity index (χ1n) is 5.67. The number of fused-ring (bicyclic) bond motifs is 1. The molecule has 6 heteroatoms. The van der Waals surface area contributed by atoms with Gasteiger partial charge in [-0.3, -0.25) is 10.1 Å². The van der Waals surface area contributed by atoms with E-state index in [1.807, 2.05) is 6.92 Å². The van der Waals surface area contributed by atoms with E-state index in [0.717, 1.165) is 17.7 Å². The molecule has 0 aliphatic carbocycles. The Labute approximate surface area is 99.2 Å². The van der Waals surface area contributed by atoms with Gasteiger partial charge in [-0.25, -0.2) is 0 Å². The molecule has 1 aliphatic rings. The average Bonchev–Trinajstić information content (AvgIpc) is 2.77. The smallest absolute Gasteiger partial charge is 0.323 e. The maximum absolute atomic E-state index is 11.4. The highest BCUT2D eigenvalue weighted by Crippen LogP contribution is 2.26. The molecule has 1 unspecified atom stereocenters. The molecule has 1 aromatic heterocycles. The number of ether oxygens (including phenoxy) is 2. The molecule has 1 aliphatic heterocycles.